The Kier molecular flexibility index (Phi) is 3.65. The third kappa shape index (κ3) is 2.34. The van der Waals surface area contributed by atoms with Crippen LogP contribution in [-0.4, -0.2) is 24.2 Å². The number of nitrogen functional groups attached to an aromatic ring is 1. The zero-order chi connectivity index (χ0) is 15.9. The Morgan fingerprint density at radius 2 is 1.62 bits per heavy atom. The highest BCUT2D eigenvalue weighted by atomic mass is 19.1. The number of fused-ring (bicyclic) bond motifs is 1. The van der Waals surface area contributed by atoms with Crippen LogP contribution in [-0.2, 0) is 5.41 Å². The number of methoxy groups -OCH3 is 2. The second-order valence-corrected chi connectivity index (χ2v) is 5.91. The summed E-state index contributed by atoms with van der Waals surface area (Å²) in [6.07, 6.45) is 0. The predicted octanol–water partition coefficient (Wildman–Crippen LogP) is 2.97. The highest BCUT2D eigenvalue weighted by molar-refractivity contribution is 5.95. The average Bonchev–Trinajstić information content (AvgIpc) is 2.40. The van der Waals surface area contributed by atoms with Gasteiger partial charge in [0, 0.05) is 11.0 Å². The van der Waals surface area contributed by atoms with Gasteiger partial charge >= 0.3 is 0 Å². The van der Waals surface area contributed by atoms with Crippen LogP contribution < -0.4 is 15.2 Å². The summed E-state index contributed by atoms with van der Waals surface area (Å²) in [4.78, 5) is 8.66. The van der Waals surface area contributed by atoms with Gasteiger partial charge in [-0.05, 0) is 6.92 Å². The molecule has 0 spiro atoms. The molecule has 0 aliphatic rings. The maximum atomic E-state index is 14.7. The van der Waals surface area contributed by atoms with Gasteiger partial charge in [-0.15, -0.1) is 0 Å². The maximum Gasteiger partial charge on any atom is 0.199 e. The Morgan fingerprint density at radius 3 is 2.10 bits per heavy atom. The van der Waals surface area contributed by atoms with E-state index in [9.17, 15) is 4.39 Å². The van der Waals surface area contributed by atoms with Gasteiger partial charge in [-0.3, -0.25) is 0 Å². The summed E-state index contributed by atoms with van der Waals surface area (Å²) >= 11 is 0. The molecule has 6 heteroatoms. The molecule has 21 heavy (non-hydrogen) atoms. The lowest BCUT2D eigenvalue weighted by Crippen LogP contribution is -2.18. The van der Waals surface area contributed by atoms with Crippen molar-refractivity contribution in [1.82, 2.24) is 9.97 Å². The van der Waals surface area contributed by atoms with Crippen LogP contribution in [0, 0.1) is 12.7 Å². The number of aromatic nitrogens is 2. The van der Waals surface area contributed by atoms with Crippen LogP contribution >= 0.6 is 0 Å². The Hall–Kier alpha value is -2.11. The Balaban J connectivity index is 2.97. The quantitative estimate of drug-likeness (QED) is 0.921. The van der Waals surface area contributed by atoms with Crippen LogP contribution in [0.25, 0.3) is 10.9 Å². The first-order valence-corrected chi connectivity index (χ1v) is 6.60. The van der Waals surface area contributed by atoms with Gasteiger partial charge in [-0.25, -0.2) is 14.4 Å². The minimum atomic E-state index is -0.588. The first-order chi connectivity index (χ1) is 9.72. The van der Waals surface area contributed by atoms with Gasteiger partial charge < -0.3 is 15.2 Å². The number of anilines is 1. The Morgan fingerprint density at radius 1 is 1.05 bits per heavy atom. The number of nitrogens with zero attached hydrogens (tertiary/aromatic N) is 2. The predicted molar refractivity (Wildman–Crippen MR) is 80.4 cm³/mol. The summed E-state index contributed by atoms with van der Waals surface area (Å²) in [5.41, 5.74) is 6.50. The normalized spacial score (nSPS) is 11.8. The lowest BCUT2D eigenvalue weighted by molar-refractivity contribution is 0.337. The van der Waals surface area contributed by atoms with E-state index in [1.54, 1.807) is 6.92 Å². The molecule has 2 rings (SSSR count). The van der Waals surface area contributed by atoms with Gasteiger partial charge in [0.1, 0.15) is 17.2 Å². The molecule has 2 N–H and O–H groups in total. The van der Waals surface area contributed by atoms with Gasteiger partial charge in [0.15, 0.2) is 17.3 Å². The molecule has 1 heterocycles. The van der Waals surface area contributed by atoms with Crippen molar-refractivity contribution >= 4 is 16.7 Å². The topological polar surface area (TPSA) is 70.3 Å². The van der Waals surface area contributed by atoms with Crippen LogP contribution in [0.2, 0.25) is 0 Å². The molecule has 0 amide bonds. The van der Waals surface area contributed by atoms with E-state index in [4.69, 9.17) is 15.2 Å². The molecule has 0 saturated heterocycles. The smallest absolute Gasteiger partial charge is 0.199 e. The number of hydrogen-bond acceptors (Lipinski definition) is 5. The van der Waals surface area contributed by atoms with E-state index in [0.29, 0.717) is 22.5 Å². The summed E-state index contributed by atoms with van der Waals surface area (Å²) < 4.78 is 25.0. The number of nitrogens with two attached hydrogens (primary N) is 1. The summed E-state index contributed by atoms with van der Waals surface area (Å²) in [6, 6.07) is 0. The zero-order valence-corrected chi connectivity index (χ0v) is 13.2. The summed E-state index contributed by atoms with van der Waals surface area (Å²) in [5.74, 6) is 0.469. The number of hydrogen-bond donors (Lipinski definition) is 1. The third-order valence-electron chi connectivity index (χ3n) is 3.35. The molecule has 2 aromatic rings. The maximum absolute atomic E-state index is 14.7. The van der Waals surface area contributed by atoms with E-state index in [2.05, 4.69) is 9.97 Å². The minimum absolute atomic E-state index is 0.0282. The van der Waals surface area contributed by atoms with Crippen molar-refractivity contribution < 1.29 is 13.9 Å². The SMILES string of the molecule is COc1c(OC)c(C)c2c(N)nc(C(C)(C)C)nc2c1F. The van der Waals surface area contributed by atoms with E-state index in [-0.39, 0.29) is 22.5 Å². The van der Waals surface area contributed by atoms with Gasteiger partial charge in [-0.2, -0.15) is 0 Å². The highest BCUT2D eigenvalue weighted by Gasteiger charge is 2.25. The molecule has 0 radical (unpaired) electrons. The van der Waals surface area contributed by atoms with Crippen molar-refractivity contribution in [2.75, 3.05) is 20.0 Å². The number of benzene rings is 1. The molecule has 0 fully saturated rings. The second kappa shape index (κ2) is 5.02. The molecule has 1 aromatic heterocycles. The fourth-order valence-corrected chi connectivity index (χ4v) is 2.26. The van der Waals surface area contributed by atoms with Gasteiger partial charge in [0.25, 0.3) is 0 Å². The van der Waals surface area contributed by atoms with Crippen LogP contribution in [0.3, 0.4) is 0 Å². The van der Waals surface area contributed by atoms with E-state index < -0.39 is 5.82 Å². The van der Waals surface area contributed by atoms with Crippen molar-refractivity contribution in [1.29, 1.82) is 0 Å². The lowest BCUT2D eigenvalue weighted by Gasteiger charge is -2.20. The van der Waals surface area contributed by atoms with Crippen LogP contribution in [0.5, 0.6) is 11.5 Å². The largest absolute Gasteiger partial charge is 0.492 e. The number of ether oxygens (including phenoxy) is 2. The van der Waals surface area contributed by atoms with Gasteiger partial charge in [0.2, 0.25) is 0 Å². The Bertz CT molecular complexity index is 709. The van der Waals surface area contributed by atoms with Gasteiger partial charge in [0.05, 0.1) is 19.6 Å². The molecule has 5 nitrogen and oxygen atoms in total. The number of aryl methyl sites for hydroxylation is 1. The third-order valence-corrected chi connectivity index (χ3v) is 3.35. The average molecular weight is 293 g/mol. The molecule has 1 aromatic carbocycles. The van der Waals surface area contributed by atoms with Gasteiger partial charge in [-0.1, -0.05) is 20.8 Å². The van der Waals surface area contributed by atoms with Crippen molar-refractivity contribution in [3.05, 3.63) is 17.2 Å². The van der Waals surface area contributed by atoms with Crippen molar-refractivity contribution in [3.8, 4) is 11.5 Å². The summed E-state index contributed by atoms with van der Waals surface area (Å²) in [5, 5.41) is 0.457. The lowest BCUT2D eigenvalue weighted by atomic mass is 9.95. The van der Waals surface area contributed by atoms with E-state index in [0.717, 1.165) is 0 Å². The number of halogens is 1. The first kappa shape index (κ1) is 15.3. The fraction of sp³-hybridized carbons (Fsp3) is 0.467. The molecule has 0 bridgehead atoms. The molecule has 0 atom stereocenters. The van der Waals surface area contributed by atoms with Crippen molar-refractivity contribution in [3.63, 3.8) is 0 Å². The van der Waals surface area contributed by atoms with Crippen LogP contribution in [0.4, 0.5) is 10.2 Å². The van der Waals surface area contributed by atoms with Crippen molar-refractivity contribution in [2.45, 2.75) is 33.1 Å². The first-order valence-electron chi connectivity index (χ1n) is 6.60. The molecule has 114 valence electrons. The molecular weight excluding hydrogens is 273 g/mol. The molecule has 0 aliphatic carbocycles. The van der Waals surface area contributed by atoms with Crippen LogP contribution in [0.1, 0.15) is 32.2 Å². The molecular formula is C15H20FN3O2. The number of rotatable bonds is 2. The monoisotopic (exact) mass is 293 g/mol. The van der Waals surface area contributed by atoms with Crippen molar-refractivity contribution in [2.24, 2.45) is 0 Å². The van der Waals surface area contributed by atoms with E-state index in [1.165, 1.54) is 14.2 Å². The summed E-state index contributed by atoms with van der Waals surface area (Å²) in [6.45, 7) is 7.61. The Labute approximate surface area is 123 Å². The highest BCUT2D eigenvalue weighted by Crippen LogP contribution is 2.41. The fourth-order valence-electron chi connectivity index (χ4n) is 2.26. The molecule has 0 aliphatic heterocycles. The zero-order valence-electron chi connectivity index (χ0n) is 13.2. The molecule has 0 unspecified atom stereocenters. The minimum Gasteiger partial charge on any atom is -0.492 e. The van der Waals surface area contributed by atoms with E-state index >= 15 is 0 Å². The van der Waals surface area contributed by atoms with Crippen LogP contribution in [0.15, 0.2) is 0 Å². The summed E-state index contributed by atoms with van der Waals surface area (Å²) in [7, 11) is 2.85. The standard InChI is InChI=1S/C15H20FN3O2/c1-7-8-10(9(16)12(21-6)11(7)20-5)18-14(15(2,3)4)19-13(8)17/h1-6H3,(H2,17,18,19). The second-order valence-electron chi connectivity index (χ2n) is 5.91. The molecule has 0 saturated carbocycles. The van der Waals surface area contributed by atoms with E-state index in [1.807, 2.05) is 20.8 Å².